The fourth-order valence-corrected chi connectivity index (χ4v) is 3.93. The summed E-state index contributed by atoms with van der Waals surface area (Å²) >= 11 is 0. The average molecular weight is 320 g/mol. The molecule has 126 valence electrons. The third kappa shape index (κ3) is 7.58. The monoisotopic (exact) mass is 320 g/mol. The fourth-order valence-electron chi connectivity index (χ4n) is 2.99. The summed E-state index contributed by atoms with van der Waals surface area (Å²) in [6, 6.07) is 0.427. The zero-order valence-corrected chi connectivity index (χ0v) is 14.6. The number of rotatable bonds is 10. The molecule has 0 aromatic heterocycles. The van der Waals surface area contributed by atoms with Crippen molar-refractivity contribution in [1.82, 2.24) is 9.62 Å². The maximum absolute atomic E-state index is 11.7. The van der Waals surface area contributed by atoms with Crippen LogP contribution < -0.4 is 5.32 Å². The molecule has 0 aromatic carbocycles. The first kappa shape index (κ1) is 18.9. The van der Waals surface area contributed by atoms with E-state index in [0.29, 0.717) is 25.0 Å². The van der Waals surface area contributed by atoms with Gasteiger partial charge in [0.1, 0.15) is 0 Å². The van der Waals surface area contributed by atoms with Gasteiger partial charge in [-0.05, 0) is 44.6 Å². The number of hydrogen-bond acceptors (Lipinski definition) is 4. The molecule has 0 saturated carbocycles. The van der Waals surface area contributed by atoms with Crippen LogP contribution in [0.3, 0.4) is 0 Å². The van der Waals surface area contributed by atoms with Crippen molar-refractivity contribution in [1.29, 1.82) is 0 Å². The summed E-state index contributed by atoms with van der Waals surface area (Å²) in [5.74, 6) is 0.462. The van der Waals surface area contributed by atoms with Crippen molar-refractivity contribution in [3.63, 3.8) is 0 Å². The Bertz CT molecular complexity index is 373. The largest absolute Gasteiger partial charge is 0.381 e. The molecule has 21 heavy (non-hydrogen) atoms. The lowest BCUT2D eigenvalue weighted by Crippen LogP contribution is -2.42. The first-order valence-electron chi connectivity index (χ1n) is 8.23. The molecule has 0 aromatic rings. The van der Waals surface area contributed by atoms with Gasteiger partial charge in [-0.2, -0.15) is 0 Å². The Morgan fingerprint density at radius 1 is 1.33 bits per heavy atom. The van der Waals surface area contributed by atoms with Crippen molar-refractivity contribution in [2.75, 3.05) is 39.1 Å². The summed E-state index contributed by atoms with van der Waals surface area (Å²) in [7, 11) is -3.04. The van der Waals surface area contributed by atoms with Crippen LogP contribution in [0.4, 0.5) is 0 Å². The van der Waals surface area contributed by atoms with E-state index in [2.05, 4.69) is 19.2 Å². The van der Waals surface area contributed by atoms with Gasteiger partial charge in [0.15, 0.2) is 0 Å². The van der Waals surface area contributed by atoms with Crippen LogP contribution in [0.25, 0.3) is 0 Å². The van der Waals surface area contributed by atoms with Crippen LogP contribution in [0, 0.1) is 5.92 Å². The van der Waals surface area contributed by atoms with Crippen LogP contribution in [0.2, 0.25) is 0 Å². The van der Waals surface area contributed by atoms with E-state index in [9.17, 15) is 8.42 Å². The Morgan fingerprint density at radius 3 is 2.71 bits per heavy atom. The maximum atomic E-state index is 11.7. The second-order valence-corrected chi connectivity index (χ2v) is 8.00. The van der Waals surface area contributed by atoms with E-state index >= 15 is 0 Å². The minimum Gasteiger partial charge on any atom is -0.381 e. The second kappa shape index (κ2) is 9.77. The number of ether oxygens (including phenoxy) is 1. The summed E-state index contributed by atoms with van der Waals surface area (Å²) in [5, 5.41) is 3.51. The van der Waals surface area contributed by atoms with Gasteiger partial charge in [0.2, 0.25) is 10.0 Å². The van der Waals surface area contributed by atoms with Gasteiger partial charge in [0, 0.05) is 32.3 Å². The highest BCUT2D eigenvalue weighted by Gasteiger charge is 2.27. The van der Waals surface area contributed by atoms with Crippen LogP contribution in [0.15, 0.2) is 0 Å². The van der Waals surface area contributed by atoms with Crippen molar-refractivity contribution < 1.29 is 13.2 Å². The first-order chi connectivity index (χ1) is 9.97. The average Bonchev–Trinajstić information content (AvgIpc) is 2.43. The molecule has 2 unspecified atom stereocenters. The van der Waals surface area contributed by atoms with E-state index in [1.165, 1.54) is 6.26 Å². The van der Waals surface area contributed by atoms with Gasteiger partial charge < -0.3 is 10.1 Å². The van der Waals surface area contributed by atoms with E-state index < -0.39 is 10.0 Å². The van der Waals surface area contributed by atoms with Crippen LogP contribution in [-0.2, 0) is 14.8 Å². The van der Waals surface area contributed by atoms with Crippen molar-refractivity contribution in [2.45, 2.75) is 52.0 Å². The van der Waals surface area contributed by atoms with E-state index in [1.54, 1.807) is 4.31 Å². The zero-order chi connectivity index (χ0) is 15.7. The second-order valence-electron chi connectivity index (χ2n) is 6.02. The minimum atomic E-state index is -3.04. The van der Waals surface area contributed by atoms with Crippen LogP contribution in [-0.4, -0.2) is 57.9 Å². The number of hydrogen-bond donors (Lipinski definition) is 1. The molecule has 1 fully saturated rings. The lowest BCUT2D eigenvalue weighted by molar-refractivity contribution is 0.119. The summed E-state index contributed by atoms with van der Waals surface area (Å²) in [4.78, 5) is 0. The molecule has 1 aliphatic heterocycles. The Labute approximate surface area is 130 Å². The highest BCUT2D eigenvalue weighted by Crippen LogP contribution is 2.23. The molecule has 1 N–H and O–H groups in total. The lowest BCUT2D eigenvalue weighted by Gasteiger charge is -2.33. The van der Waals surface area contributed by atoms with E-state index in [4.69, 9.17) is 4.74 Å². The van der Waals surface area contributed by atoms with Gasteiger partial charge in [0.05, 0.1) is 6.26 Å². The Hall–Kier alpha value is -0.170. The van der Waals surface area contributed by atoms with Crippen molar-refractivity contribution in [3.8, 4) is 0 Å². The van der Waals surface area contributed by atoms with Crippen LogP contribution in [0.1, 0.15) is 46.0 Å². The first-order valence-corrected chi connectivity index (χ1v) is 10.1. The normalized spacial score (nSPS) is 22.3. The SMILES string of the molecule is CCCOCCC(CC1CCCN(S(C)(=O)=O)C1)NCC. The van der Waals surface area contributed by atoms with Crippen LogP contribution >= 0.6 is 0 Å². The molecule has 1 saturated heterocycles. The molecule has 5 nitrogen and oxygen atoms in total. The van der Waals surface area contributed by atoms with Crippen molar-refractivity contribution >= 4 is 10.0 Å². The Kier molecular flexibility index (Phi) is 8.78. The minimum absolute atomic E-state index is 0.427. The topological polar surface area (TPSA) is 58.6 Å². The van der Waals surface area contributed by atoms with Gasteiger partial charge in [-0.25, -0.2) is 12.7 Å². The van der Waals surface area contributed by atoms with E-state index in [-0.39, 0.29) is 0 Å². The predicted molar refractivity (Wildman–Crippen MR) is 86.9 cm³/mol. The number of piperidine rings is 1. The molecule has 6 heteroatoms. The van der Waals surface area contributed by atoms with E-state index in [0.717, 1.165) is 51.9 Å². The molecular formula is C15H32N2O3S. The van der Waals surface area contributed by atoms with Gasteiger partial charge in [-0.3, -0.25) is 0 Å². The molecule has 0 aliphatic carbocycles. The summed E-state index contributed by atoms with van der Waals surface area (Å²) in [6.45, 7) is 8.14. The Balaban J connectivity index is 2.42. The Morgan fingerprint density at radius 2 is 2.10 bits per heavy atom. The maximum Gasteiger partial charge on any atom is 0.211 e. The molecule has 0 spiro atoms. The highest BCUT2D eigenvalue weighted by molar-refractivity contribution is 7.88. The predicted octanol–water partition coefficient (Wildman–Crippen LogP) is 1.84. The van der Waals surface area contributed by atoms with Crippen molar-refractivity contribution in [3.05, 3.63) is 0 Å². The van der Waals surface area contributed by atoms with Gasteiger partial charge in [-0.1, -0.05) is 13.8 Å². The van der Waals surface area contributed by atoms with Crippen molar-refractivity contribution in [2.24, 2.45) is 5.92 Å². The molecular weight excluding hydrogens is 288 g/mol. The summed E-state index contributed by atoms with van der Waals surface area (Å²) in [5.41, 5.74) is 0. The third-order valence-corrected chi connectivity index (χ3v) is 5.29. The van der Waals surface area contributed by atoms with Crippen LogP contribution in [0.5, 0.6) is 0 Å². The highest BCUT2D eigenvalue weighted by atomic mass is 32.2. The van der Waals surface area contributed by atoms with Gasteiger partial charge >= 0.3 is 0 Å². The molecule has 1 aliphatic rings. The smallest absolute Gasteiger partial charge is 0.211 e. The summed E-state index contributed by atoms with van der Waals surface area (Å²) in [6.07, 6.45) is 6.51. The number of nitrogens with one attached hydrogen (secondary N) is 1. The fraction of sp³-hybridized carbons (Fsp3) is 1.00. The zero-order valence-electron chi connectivity index (χ0n) is 13.8. The molecule has 1 rings (SSSR count). The molecule has 2 atom stereocenters. The molecule has 1 heterocycles. The molecule has 0 radical (unpaired) electrons. The third-order valence-electron chi connectivity index (χ3n) is 4.02. The standard InChI is InChI=1S/C15H32N2O3S/c1-4-10-20-11-8-15(16-5-2)12-14-7-6-9-17(13-14)21(3,18)19/h14-16H,4-13H2,1-3H3. The molecule has 0 amide bonds. The number of sulfonamides is 1. The summed E-state index contributed by atoms with van der Waals surface area (Å²) < 4.78 is 30.6. The quantitative estimate of drug-likeness (QED) is 0.624. The molecule has 0 bridgehead atoms. The lowest BCUT2D eigenvalue weighted by atomic mass is 9.91. The van der Waals surface area contributed by atoms with Gasteiger partial charge in [0.25, 0.3) is 0 Å². The van der Waals surface area contributed by atoms with Gasteiger partial charge in [-0.15, -0.1) is 0 Å². The van der Waals surface area contributed by atoms with E-state index in [1.807, 2.05) is 0 Å². The number of nitrogens with zero attached hydrogens (tertiary/aromatic N) is 1.